The van der Waals surface area contributed by atoms with Crippen LogP contribution in [0.3, 0.4) is 0 Å². The molecule has 1 atom stereocenters. The third kappa shape index (κ3) is 3.60. The zero-order valence-electron chi connectivity index (χ0n) is 16.1. The molecule has 2 heterocycles. The van der Waals surface area contributed by atoms with Gasteiger partial charge < -0.3 is 19.5 Å². The summed E-state index contributed by atoms with van der Waals surface area (Å²) in [6, 6.07) is 12.1. The quantitative estimate of drug-likeness (QED) is 0.735. The summed E-state index contributed by atoms with van der Waals surface area (Å²) in [5.74, 6) is 0.150. The highest BCUT2D eigenvalue weighted by molar-refractivity contribution is 6.07. The molecule has 146 valence electrons. The van der Waals surface area contributed by atoms with Crippen molar-refractivity contribution in [1.29, 1.82) is 0 Å². The lowest BCUT2D eigenvalue weighted by Crippen LogP contribution is -2.32. The van der Waals surface area contributed by atoms with Crippen LogP contribution in [0.1, 0.15) is 28.4 Å². The third-order valence-electron chi connectivity index (χ3n) is 5.14. The van der Waals surface area contributed by atoms with E-state index in [1.807, 2.05) is 44.6 Å². The lowest BCUT2D eigenvalue weighted by Gasteiger charge is -2.26. The van der Waals surface area contributed by atoms with Crippen molar-refractivity contribution < 1.29 is 13.9 Å². The Bertz CT molecular complexity index is 1010. The second-order valence-electron chi connectivity index (χ2n) is 7.40. The van der Waals surface area contributed by atoms with Crippen LogP contribution in [0.2, 0.25) is 0 Å². The van der Waals surface area contributed by atoms with Gasteiger partial charge in [0.05, 0.1) is 18.2 Å². The van der Waals surface area contributed by atoms with Crippen molar-refractivity contribution in [3.8, 4) is 5.75 Å². The lowest BCUT2D eigenvalue weighted by atomic mass is 10.00. The van der Waals surface area contributed by atoms with Crippen LogP contribution < -0.4 is 10.1 Å². The van der Waals surface area contributed by atoms with E-state index < -0.39 is 0 Å². The Morgan fingerprint density at radius 2 is 2.11 bits per heavy atom. The van der Waals surface area contributed by atoms with Gasteiger partial charge in [-0.1, -0.05) is 18.2 Å². The van der Waals surface area contributed by atoms with E-state index in [2.05, 4.69) is 14.8 Å². The van der Waals surface area contributed by atoms with Gasteiger partial charge in [0.1, 0.15) is 11.6 Å². The number of nitrogens with zero attached hydrogens (tertiary/aromatic N) is 2. The van der Waals surface area contributed by atoms with Crippen LogP contribution in [0.4, 0.5) is 4.39 Å². The Balaban J connectivity index is 1.63. The maximum absolute atomic E-state index is 13.7. The molecular weight excluding hydrogens is 357 g/mol. The summed E-state index contributed by atoms with van der Waals surface area (Å²) in [4.78, 5) is 15.2. The van der Waals surface area contributed by atoms with Crippen LogP contribution in [-0.2, 0) is 6.54 Å². The number of para-hydroxylation sites is 1. The number of carbonyl (C=O) groups excluding carboxylic acids is 1. The Kier molecular flexibility index (Phi) is 5.05. The van der Waals surface area contributed by atoms with Gasteiger partial charge in [0, 0.05) is 42.2 Å². The summed E-state index contributed by atoms with van der Waals surface area (Å²) in [6.45, 7) is 2.17. The minimum Gasteiger partial charge on any atom is -0.493 e. The molecule has 1 aliphatic heterocycles. The first-order valence-electron chi connectivity index (χ1n) is 9.48. The second kappa shape index (κ2) is 7.64. The van der Waals surface area contributed by atoms with Crippen LogP contribution in [0.5, 0.6) is 5.75 Å². The molecule has 0 bridgehead atoms. The topological polar surface area (TPSA) is 46.5 Å². The summed E-state index contributed by atoms with van der Waals surface area (Å²) < 4.78 is 21.4. The zero-order valence-corrected chi connectivity index (χ0v) is 16.1. The molecule has 6 heteroatoms. The molecular formula is C22H24FN3O2. The third-order valence-corrected chi connectivity index (χ3v) is 5.14. The van der Waals surface area contributed by atoms with Gasteiger partial charge in [0.25, 0.3) is 5.91 Å². The van der Waals surface area contributed by atoms with Crippen molar-refractivity contribution in [2.75, 3.05) is 27.2 Å². The summed E-state index contributed by atoms with van der Waals surface area (Å²) >= 11 is 0. The maximum Gasteiger partial charge on any atom is 0.253 e. The van der Waals surface area contributed by atoms with Gasteiger partial charge in [-0.3, -0.25) is 4.79 Å². The predicted octanol–water partition coefficient (Wildman–Crippen LogP) is 3.60. The van der Waals surface area contributed by atoms with E-state index >= 15 is 0 Å². The molecule has 28 heavy (non-hydrogen) atoms. The van der Waals surface area contributed by atoms with Crippen molar-refractivity contribution in [3.63, 3.8) is 0 Å². The van der Waals surface area contributed by atoms with Gasteiger partial charge in [0.2, 0.25) is 0 Å². The molecule has 0 spiro atoms. The number of rotatable bonds is 5. The van der Waals surface area contributed by atoms with Gasteiger partial charge in [-0.05, 0) is 38.4 Å². The normalized spacial score (nSPS) is 16.1. The van der Waals surface area contributed by atoms with E-state index in [1.54, 1.807) is 6.07 Å². The monoisotopic (exact) mass is 381 g/mol. The number of benzene rings is 2. The average Bonchev–Trinajstić information content (AvgIpc) is 3.06. The molecule has 2 aromatic carbocycles. The van der Waals surface area contributed by atoms with E-state index in [9.17, 15) is 9.18 Å². The number of hydrogen-bond donors (Lipinski definition) is 1. The average molecular weight is 381 g/mol. The Labute approximate surface area is 163 Å². The van der Waals surface area contributed by atoms with Crippen LogP contribution >= 0.6 is 0 Å². The standard InChI is InChI=1S/C22H24FN3O2/c1-25(2)10-11-26-14-18(16-5-3-4-6-20(16)26)22(27)24-19-9-12-28-21-8-7-15(23)13-17(19)21/h3-8,13-14,19H,9-12H2,1-2H3,(H,24,27). The van der Waals surface area contributed by atoms with E-state index in [0.29, 0.717) is 29.9 Å². The molecule has 1 N–H and O–H groups in total. The molecule has 1 unspecified atom stereocenters. The summed E-state index contributed by atoms with van der Waals surface area (Å²) in [5, 5.41) is 4.00. The van der Waals surface area contributed by atoms with Crippen molar-refractivity contribution in [2.24, 2.45) is 0 Å². The summed E-state index contributed by atoms with van der Waals surface area (Å²) in [7, 11) is 4.06. The number of amides is 1. The van der Waals surface area contributed by atoms with Crippen molar-refractivity contribution in [1.82, 2.24) is 14.8 Å². The second-order valence-corrected chi connectivity index (χ2v) is 7.40. The number of halogens is 1. The predicted molar refractivity (Wildman–Crippen MR) is 107 cm³/mol. The van der Waals surface area contributed by atoms with Gasteiger partial charge in [0.15, 0.2) is 0 Å². The van der Waals surface area contributed by atoms with E-state index in [4.69, 9.17) is 4.74 Å². The van der Waals surface area contributed by atoms with E-state index in [1.165, 1.54) is 12.1 Å². The molecule has 5 nitrogen and oxygen atoms in total. The molecule has 0 saturated heterocycles. The Morgan fingerprint density at radius 1 is 1.29 bits per heavy atom. The Hall–Kier alpha value is -2.86. The molecule has 0 radical (unpaired) electrons. The van der Waals surface area contributed by atoms with Gasteiger partial charge in [-0.25, -0.2) is 4.39 Å². The van der Waals surface area contributed by atoms with Crippen LogP contribution in [0, 0.1) is 5.82 Å². The minimum absolute atomic E-state index is 0.151. The van der Waals surface area contributed by atoms with Crippen LogP contribution in [0.15, 0.2) is 48.7 Å². The number of ether oxygens (including phenoxy) is 1. The fourth-order valence-electron chi connectivity index (χ4n) is 3.67. The highest BCUT2D eigenvalue weighted by atomic mass is 19.1. The fraction of sp³-hybridized carbons (Fsp3) is 0.318. The molecule has 4 rings (SSSR count). The van der Waals surface area contributed by atoms with Crippen molar-refractivity contribution in [3.05, 3.63) is 65.6 Å². The first-order chi connectivity index (χ1) is 13.5. The number of carbonyl (C=O) groups is 1. The van der Waals surface area contributed by atoms with Gasteiger partial charge in [-0.15, -0.1) is 0 Å². The zero-order chi connectivity index (χ0) is 19.7. The molecule has 0 saturated carbocycles. The number of likely N-dealkylation sites (N-methyl/N-ethyl adjacent to an activating group) is 1. The van der Waals surface area contributed by atoms with Crippen molar-refractivity contribution in [2.45, 2.75) is 19.0 Å². The first-order valence-corrected chi connectivity index (χ1v) is 9.48. The largest absolute Gasteiger partial charge is 0.493 e. The number of nitrogens with one attached hydrogen (secondary N) is 1. The number of hydrogen-bond acceptors (Lipinski definition) is 3. The van der Waals surface area contributed by atoms with E-state index in [-0.39, 0.29) is 17.8 Å². The molecule has 0 fully saturated rings. The minimum atomic E-state index is -0.330. The summed E-state index contributed by atoms with van der Waals surface area (Å²) in [6.07, 6.45) is 2.52. The maximum atomic E-state index is 13.7. The van der Waals surface area contributed by atoms with Gasteiger partial charge >= 0.3 is 0 Å². The molecule has 1 aliphatic rings. The summed E-state index contributed by atoms with van der Waals surface area (Å²) in [5.41, 5.74) is 2.36. The molecule has 1 aromatic heterocycles. The fourth-order valence-corrected chi connectivity index (χ4v) is 3.67. The Morgan fingerprint density at radius 3 is 2.93 bits per heavy atom. The smallest absolute Gasteiger partial charge is 0.253 e. The van der Waals surface area contributed by atoms with Crippen LogP contribution in [-0.4, -0.2) is 42.6 Å². The molecule has 0 aliphatic carbocycles. The molecule has 3 aromatic rings. The van der Waals surface area contributed by atoms with Crippen molar-refractivity contribution >= 4 is 16.8 Å². The number of aromatic nitrogens is 1. The lowest BCUT2D eigenvalue weighted by molar-refractivity contribution is 0.0926. The highest BCUT2D eigenvalue weighted by Crippen LogP contribution is 2.33. The number of fused-ring (bicyclic) bond motifs is 2. The van der Waals surface area contributed by atoms with Crippen LogP contribution in [0.25, 0.3) is 10.9 Å². The van der Waals surface area contributed by atoms with E-state index in [0.717, 1.165) is 24.0 Å². The highest BCUT2D eigenvalue weighted by Gasteiger charge is 2.25. The van der Waals surface area contributed by atoms with Gasteiger partial charge in [-0.2, -0.15) is 0 Å². The first kappa shape index (κ1) is 18.5. The molecule has 1 amide bonds. The SMILES string of the molecule is CN(C)CCn1cc(C(=O)NC2CCOc3ccc(F)cc32)c2ccccc21.